The highest BCUT2D eigenvalue weighted by atomic mass is 16.5. The summed E-state index contributed by atoms with van der Waals surface area (Å²) in [4.78, 5) is 22.5. The Balaban J connectivity index is 1.82. The van der Waals surface area contributed by atoms with Crippen LogP contribution in [-0.2, 0) is 4.74 Å². The molecule has 2 aromatic carbocycles. The number of nitrogens with two attached hydrogens (primary N) is 1. The molecule has 29 heavy (non-hydrogen) atoms. The third-order valence-electron chi connectivity index (χ3n) is 4.69. The van der Waals surface area contributed by atoms with Crippen molar-refractivity contribution >= 4 is 33.9 Å². The third kappa shape index (κ3) is 3.64. The fourth-order valence-corrected chi connectivity index (χ4v) is 3.33. The number of carbonyl (C=O) groups is 1. The fourth-order valence-electron chi connectivity index (χ4n) is 3.33. The number of carbonyl (C=O) groups excluding carboxylic acids is 1. The van der Waals surface area contributed by atoms with Crippen LogP contribution in [0.2, 0.25) is 0 Å². The van der Waals surface area contributed by atoms with Gasteiger partial charge in [0.2, 0.25) is 0 Å². The normalized spacial score (nSPS) is 11.2. The van der Waals surface area contributed by atoms with Gasteiger partial charge < -0.3 is 15.8 Å². The summed E-state index contributed by atoms with van der Waals surface area (Å²) >= 11 is 0. The molecular formula is C22H23N5O2. The van der Waals surface area contributed by atoms with Gasteiger partial charge in [0, 0.05) is 25.4 Å². The van der Waals surface area contributed by atoms with Gasteiger partial charge in [0.15, 0.2) is 5.65 Å². The van der Waals surface area contributed by atoms with Crippen molar-refractivity contribution in [2.24, 2.45) is 0 Å². The van der Waals surface area contributed by atoms with Gasteiger partial charge in [0.05, 0.1) is 11.0 Å². The number of fused-ring (bicyclic) bond motifs is 2. The molecule has 148 valence electrons. The van der Waals surface area contributed by atoms with Gasteiger partial charge in [-0.2, -0.15) is 0 Å². The van der Waals surface area contributed by atoms with Gasteiger partial charge in [-0.3, -0.25) is 9.36 Å². The molecule has 2 aromatic heterocycles. The molecule has 1 amide bonds. The first kappa shape index (κ1) is 18.9. The van der Waals surface area contributed by atoms with Crippen molar-refractivity contribution in [1.29, 1.82) is 0 Å². The Kier molecular flexibility index (Phi) is 5.39. The minimum atomic E-state index is -0.261. The van der Waals surface area contributed by atoms with Gasteiger partial charge in [0.25, 0.3) is 5.91 Å². The summed E-state index contributed by atoms with van der Waals surface area (Å²) < 4.78 is 7.10. The Hall–Kier alpha value is -3.45. The number of aromatic nitrogens is 3. The van der Waals surface area contributed by atoms with Gasteiger partial charge in [0.1, 0.15) is 16.9 Å². The summed E-state index contributed by atoms with van der Waals surface area (Å²) in [6, 6.07) is 17.2. The Bertz CT molecular complexity index is 1150. The number of hydrogen-bond acceptors (Lipinski definition) is 5. The lowest BCUT2D eigenvalue weighted by molar-refractivity contribution is 0.0946. The highest BCUT2D eigenvalue weighted by Gasteiger charge is 2.24. The number of nitrogen functional groups attached to an aromatic ring is 1. The number of ether oxygens (including phenoxy) is 1. The maximum Gasteiger partial charge on any atom is 0.257 e. The molecule has 0 spiro atoms. The van der Waals surface area contributed by atoms with E-state index in [4.69, 9.17) is 20.4 Å². The van der Waals surface area contributed by atoms with E-state index < -0.39 is 0 Å². The number of hydrogen-bond donors (Lipinski definition) is 2. The van der Waals surface area contributed by atoms with Crippen LogP contribution in [0.3, 0.4) is 0 Å². The summed E-state index contributed by atoms with van der Waals surface area (Å²) in [5, 5.41) is 2.92. The molecular weight excluding hydrogens is 366 g/mol. The van der Waals surface area contributed by atoms with Crippen LogP contribution < -0.4 is 11.1 Å². The smallest absolute Gasteiger partial charge is 0.257 e. The van der Waals surface area contributed by atoms with E-state index in [0.29, 0.717) is 42.3 Å². The first-order valence-electron chi connectivity index (χ1n) is 9.68. The Morgan fingerprint density at radius 2 is 1.76 bits per heavy atom. The average Bonchev–Trinajstić information content (AvgIpc) is 3.03. The molecule has 2 heterocycles. The number of amides is 1. The predicted octanol–water partition coefficient (Wildman–Crippen LogP) is 3.31. The standard InChI is InChI=1S/C22H23N5O2/c1-2-29-14-8-13-24-22(28)18-19-21(26-17-12-7-6-11-16(17)25-19)27(20(18)23)15-9-4-3-5-10-15/h3-7,9-12H,2,8,13-14,23H2,1H3,(H,24,28). The molecule has 0 fully saturated rings. The third-order valence-corrected chi connectivity index (χ3v) is 4.69. The van der Waals surface area contributed by atoms with Crippen LogP contribution in [-0.4, -0.2) is 40.2 Å². The van der Waals surface area contributed by atoms with E-state index in [2.05, 4.69) is 5.32 Å². The van der Waals surface area contributed by atoms with Gasteiger partial charge in [-0.15, -0.1) is 0 Å². The maximum absolute atomic E-state index is 13.0. The first-order chi connectivity index (χ1) is 14.2. The average molecular weight is 389 g/mol. The molecule has 7 heteroatoms. The second-order valence-corrected chi connectivity index (χ2v) is 6.62. The van der Waals surface area contributed by atoms with Crippen LogP contribution in [0, 0.1) is 0 Å². The first-order valence-corrected chi connectivity index (χ1v) is 9.68. The van der Waals surface area contributed by atoms with Crippen LogP contribution in [0.4, 0.5) is 5.82 Å². The van der Waals surface area contributed by atoms with Crippen molar-refractivity contribution in [3.05, 3.63) is 60.2 Å². The molecule has 0 saturated heterocycles. The van der Waals surface area contributed by atoms with E-state index in [1.807, 2.05) is 61.5 Å². The monoisotopic (exact) mass is 389 g/mol. The van der Waals surface area contributed by atoms with Crippen LogP contribution in [0.15, 0.2) is 54.6 Å². The van der Waals surface area contributed by atoms with Crippen LogP contribution in [0.5, 0.6) is 0 Å². The maximum atomic E-state index is 13.0. The van der Waals surface area contributed by atoms with E-state index in [-0.39, 0.29) is 5.91 Å². The van der Waals surface area contributed by atoms with Crippen molar-refractivity contribution < 1.29 is 9.53 Å². The fraction of sp³-hybridized carbons (Fsp3) is 0.227. The van der Waals surface area contributed by atoms with Crippen LogP contribution >= 0.6 is 0 Å². The Labute approximate surface area is 168 Å². The highest BCUT2D eigenvalue weighted by Crippen LogP contribution is 2.30. The number of benzene rings is 2. The molecule has 0 aliphatic heterocycles. The number of nitrogens with zero attached hydrogens (tertiary/aromatic N) is 3. The summed E-state index contributed by atoms with van der Waals surface area (Å²) in [5.41, 5.74) is 10.2. The minimum Gasteiger partial charge on any atom is -0.384 e. The lowest BCUT2D eigenvalue weighted by Crippen LogP contribution is -2.26. The van der Waals surface area contributed by atoms with Crippen LogP contribution in [0.1, 0.15) is 23.7 Å². The molecule has 3 N–H and O–H groups in total. The van der Waals surface area contributed by atoms with E-state index in [9.17, 15) is 4.79 Å². The molecule has 0 radical (unpaired) electrons. The highest BCUT2D eigenvalue weighted by molar-refractivity contribution is 6.11. The lowest BCUT2D eigenvalue weighted by atomic mass is 10.2. The molecule has 7 nitrogen and oxygen atoms in total. The van der Waals surface area contributed by atoms with Crippen LogP contribution in [0.25, 0.3) is 27.9 Å². The molecule has 4 rings (SSSR count). The summed E-state index contributed by atoms with van der Waals surface area (Å²) in [7, 11) is 0. The molecule has 0 atom stereocenters. The molecule has 0 saturated carbocycles. The molecule has 0 aliphatic rings. The van der Waals surface area contributed by atoms with Crippen molar-refractivity contribution in [1.82, 2.24) is 19.9 Å². The van der Waals surface area contributed by atoms with E-state index >= 15 is 0 Å². The van der Waals surface area contributed by atoms with Gasteiger partial charge in [-0.05, 0) is 37.6 Å². The van der Waals surface area contributed by atoms with Gasteiger partial charge in [-0.1, -0.05) is 30.3 Å². The summed E-state index contributed by atoms with van der Waals surface area (Å²) in [5.74, 6) is 0.0621. The second-order valence-electron chi connectivity index (χ2n) is 6.62. The van der Waals surface area contributed by atoms with Crippen molar-refractivity contribution in [2.75, 3.05) is 25.5 Å². The topological polar surface area (TPSA) is 95.1 Å². The second kappa shape index (κ2) is 8.28. The minimum absolute atomic E-state index is 0.261. The quantitative estimate of drug-likeness (QED) is 0.473. The Morgan fingerprint density at radius 1 is 1.07 bits per heavy atom. The largest absolute Gasteiger partial charge is 0.384 e. The number of anilines is 1. The van der Waals surface area contributed by atoms with Gasteiger partial charge in [-0.25, -0.2) is 9.97 Å². The van der Waals surface area contributed by atoms with E-state index in [0.717, 1.165) is 23.1 Å². The van der Waals surface area contributed by atoms with Crippen molar-refractivity contribution in [2.45, 2.75) is 13.3 Å². The predicted molar refractivity (Wildman–Crippen MR) is 114 cm³/mol. The van der Waals surface area contributed by atoms with E-state index in [1.54, 1.807) is 4.57 Å². The van der Waals surface area contributed by atoms with E-state index in [1.165, 1.54) is 0 Å². The summed E-state index contributed by atoms with van der Waals surface area (Å²) in [6.07, 6.45) is 0.728. The molecule has 0 bridgehead atoms. The Morgan fingerprint density at radius 3 is 2.48 bits per heavy atom. The molecule has 0 aliphatic carbocycles. The molecule has 0 unspecified atom stereocenters. The zero-order chi connectivity index (χ0) is 20.2. The number of nitrogens with one attached hydrogen (secondary N) is 1. The number of rotatable bonds is 7. The SMILES string of the molecule is CCOCCCNC(=O)c1c(N)n(-c2ccccc2)c2nc3ccccc3nc12. The summed E-state index contributed by atoms with van der Waals surface area (Å²) in [6.45, 7) is 3.70. The van der Waals surface area contributed by atoms with Gasteiger partial charge >= 0.3 is 0 Å². The lowest BCUT2D eigenvalue weighted by Gasteiger charge is -2.08. The zero-order valence-corrected chi connectivity index (χ0v) is 16.3. The zero-order valence-electron chi connectivity index (χ0n) is 16.3. The van der Waals surface area contributed by atoms with Crippen molar-refractivity contribution in [3.8, 4) is 5.69 Å². The molecule has 4 aromatic rings. The number of para-hydroxylation sites is 3. The van der Waals surface area contributed by atoms with Crippen molar-refractivity contribution in [3.63, 3.8) is 0 Å².